The second-order valence-electron chi connectivity index (χ2n) is 4.02. The fourth-order valence-electron chi connectivity index (χ4n) is 1.91. The van der Waals surface area contributed by atoms with Gasteiger partial charge in [-0.3, -0.25) is 0 Å². The number of nitrogens with zero attached hydrogens (tertiary/aromatic N) is 2. The van der Waals surface area contributed by atoms with E-state index in [1.165, 1.54) is 0 Å². The van der Waals surface area contributed by atoms with Crippen molar-refractivity contribution in [2.24, 2.45) is 0 Å². The van der Waals surface area contributed by atoms with Gasteiger partial charge in [0.2, 0.25) is 0 Å². The summed E-state index contributed by atoms with van der Waals surface area (Å²) < 4.78 is 7.55. The van der Waals surface area contributed by atoms with E-state index >= 15 is 0 Å². The van der Waals surface area contributed by atoms with Gasteiger partial charge in [0.05, 0.1) is 11.6 Å². The molecule has 0 amide bonds. The molecular formula is C14H17ClN2O. The van der Waals surface area contributed by atoms with Crippen molar-refractivity contribution in [3.8, 4) is 5.75 Å². The zero-order chi connectivity index (χ0) is 13.0. The van der Waals surface area contributed by atoms with Crippen molar-refractivity contribution in [2.45, 2.75) is 26.8 Å². The molecule has 2 aromatic rings. The molecule has 3 nitrogen and oxygen atoms in total. The number of rotatable bonds is 5. The molecule has 0 fully saturated rings. The Labute approximate surface area is 112 Å². The molecule has 0 unspecified atom stereocenters. The van der Waals surface area contributed by atoms with Gasteiger partial charge in [0, 0.05) is 25.4 Å². The SMILES string of the molecule is CCOc1ccc(Cn2ccnc2CC)cc1Cl. The summed E-state index contributed by atoms with van der Waals surface area (Å²) in [6.07, 6.45) is 4.75. The Kier molecular flexibility index (Phi) is 4.26. The monoisotopic (exact) mass is 264 g/mol. The van der Waals surface area contributed by atoms with E-state index in [1.807, 2.05) is 37.5 Å². The molecule has 0 N–H and O–H groups in total. The number of aromatic nitrogens is 2. The maximum atomic E-state index is 6.17. The van der Waals surface area contributed by atoms with E-state index in [0.717, 1.165) is 30.1 Å². The van der Waals surface area contributed by atoms with Crippen LogP contribution < -0.4 is 4.74 Å². The third-order valence-electron chi connectivity index (χ3n) is 2.77. The van der Waals surface area contributed by atoms with E-state index < -0.39 is 0 Å². The maximum absolute atomic E-state index is 6.17. The van der Waals surface area contributed by atoms with Crippen LogP contribution in [-0.4, -0.2) is 16.2 Å². The molecule has 1 aromatic heterocycles. The zero-order valence-electron chi connectivity index (χ0n) is 10.7. The summed E-state index contributed by atoms with van der Waals surface area (Å²) in [5.41, 5.74) is 1.15. The molecule has 0 spiro atoms. The highest BCUT2D eigenvalue weighted by Gasteiger charge is 2.05. The highest BCUT2D eigenvalue weighted by molar-refractivity contribution is 6.32. The van der Waals surface area contributed by atoms with E-state index in [4.69, 9.17) is 16.3 Å². The lowest BCUT2D eigenvalue weighted by Gasteiger charge is -2.10. The summed E-state index contributed by atoms with van der Waals surface area (Å²) in [7, 11) is 0. The number of halogens is 1. The minimum absolute atomic E-state index is 0.626. The van der Waals surface area contributed by atoms with Gasteiger partial charge in [-0.1, -0.05) is 24.6 Å². The van der Waals surface area contributed by atoms with E-state index in [-0.39, 0.29) is 0 Å². The third-order valence-corrected chi connectivity index (χ3v) is 3.06. The Morgan fingerprint density at radius 1 is 1.33 bits per heavy atom. The first-order chi connectivity index (χ1) is 8.74. The predicted octanol–water partition coefficient (Wildman–Crippen LogP) is 3.55. The number of benzene rings is 1. The highest BCUT2D eigenvalue weighted by Crippen LogP contribution is 2.25. The van der Waals surface area contributed by atoms with Gasteiger partial charge in [0.25, 0.3) is 0 Å². The summed E-state index contributed by atoms with van der Waals surface area (Å²) in [5.74, 6) is 1.82. The molecule has 0 radical (unpaired) electrons. The fourth-order valence-corrected chi connectivity index (χ4v) is 2.17. The number of hydrogen-bond donors (Lipinski definition) is 0. The van der Waals surface area contributed by atoms with Gasteiger partial charge in [-0.05, 0) is 24.6 Å². The summed E-state index contributed by atoms with van der Waals surface area (Å²) >= 11 is 6.17. The van der Waals surface area contributed by atoms with E-state index in [1.54, 1.807) is 0 Å². The Balaban J connectivity index is 2.17. The van der Waals surface area contributed by atoms with E-state index in [0.29, 0.717) is 11.6 Å². The zero-order valence-corrected chi connectivity index (χ0v) is 11.4. The van der Waals surface area contributed by atoms with Crippen LogP contribution in [0, 0.1) is 0 Å². The Morgan fingerprint density at radius 3 is 2.83 bits per heavy atom. The molecule has 0 aliphatic heterocycles. The van der Waals surface area contributed by atoms with Crippen molar-refractivity contribution in [3.63, 3.8) is 0 Å². The molecule has 4 heteroatoms. The van der Waals surface area contributed by atoms with Gasteiger partial charge < -0.3 is 9.30 Å². The molecule has 0 bridgehead atoms. The second-order valence-corrected chi connectivity index (χ2v) is 4.43. The minimum atomic E-state index is 0.626. The summed E-state index contributed by atoms with van der Waals surface area (Å²) in [6.45, 7) is 5.46. The van der Waals surface area contributed by atoms with Gasteiger partial charge in [0.15, 0.2) is 0 Å². The van der Waals surface area contributed by atoms with Gasteiger partial charge in [0.1, 0.15) is 11.6 Å². The van der Waals surface area contributed by atoms with Gasteiger partial charge in [-0.2, -0.15) is 0 Å². The third kappa shape index (κ3) is 2.85. The highest BCUT2D eigenvalue weighted by atomic mass is 35.5. The smallest absolute Gasteiger partial charge is 0.137 e. The summed E-state index contributed by atoms with van der Waals surface area (Å²) in [4.78, 5) is 4.31. The number of imidazole rings is 1. The van der Waals surface area contributed by atoms with Crippen molar-refractivity contribution in [1.29, 1.82) is 0 Å². The fraction of sp³-hybridized carbons (Fsp3) is 0.357. The lowest BCUT2D eigenvalue weighted by atomic mass is 10.2. The maximum Gasteiger partial charge on any atom is 0.137 e. The predicted molar refractivity (Wildman–Crippen MR) is 73.3 cm³/mol. The molecule has 0 saturated heterocycles. The first kappa shape index (κ1) is 13.0. The van der Waals surface area contributed by atoms with Crippen LogP contribution >= 0.6 is 11.6 Å². The van der Waals surface area contributed by atoms with Crippen molar-refractivity contribution in [1.82, 2.24) is 9.55 Å². The second kappa shape index (κ2) is 5.91. The molecule has 18 heavy (non-hydrogen) atoms. The molecular weight excluding hydrogens is 248 g/mol. The molecule has 0 saturated carbocycles. The number of ether oxygens (including phenoxy) is 1. The first-order valence-electron chi connectivity index (χ1n) is 6.15. The summed E-state index contributed by atoms with van der Waals surface area (Å²) in [6, 6.07) is 5.91. The molecule has 0 aliphatic carbocycles. The lowest BCUT2D eigenvalue weighted by Crippen LogP contribution is -2.03. The number of hydrogen-bond acceptors (Lipinski definition) is 2. The molecule has 1 heterocycles. The Hall–Kier alpha value is -1.48. The van der Waals surface area contributed by atoms with Crippen LogP contribution in [0.15, 0.2) is 30.6 Å². The standard InChI is InChI=1S/C14H17ClN2O/c1-3-14-16-7-8-17(14)10-11-5-6-13(18-4-2)12(15)9-11/h5-9H,3-4,10H2,1-2H3. The quantitative estimate of drug-likeness (QED) is 0.826. The van der Waals surface area contributed by atoms with Crippen LogP contribution in [0.25, 0.3) is 0 Å². The van der Waals surface area contributed by atoms with Crippen molar-refractivity contribution >= 4 is 11.6 Å². The molecule has 96 valence electrons. The lowest BCUT2D eigenvalue weighted by molar-refractivity contribution is 0.340. The van der Waals surface area contributed by atoms with Crippen LogP contribution in [0.5, 0.6) is 5.75 Å². The van der Waals surface area contributed by atoms with Crippen LogP contribution in [0.2, 0.25) is 5.02 Å². The Bertz CT molecular complexity index is 522. The van der Waals surface area contributed by atoms with Crippen LogP contribution in [0.3, 0.4) is 0 Å². The van der Waals surface area contributed by atoms with Gasteiger partial charge in [-0.15, -0.1) is 0 Å². The summed E-state index contributed by atoms with van der Waals surface area (Å²) in [5, 5.41) is 0.660. The number of aryl methyl sites for hydroxylation is 1. The van der Waals surface area contributed by atoms with E-state index in [9.17, 15) is 0 Å². The first-order valence-corrected chi connectivity index (χ1v) is 6.53. The Morgan fingerprint density at radius 2 is 2.17 bits per heavy atom. The largest absolute Gasteiger partial charge is 0.492 e. The topological polar surface area (TPSA) is 27.1 Å². The van der Waals surface area contributed by atoms with Gasteiger partial charge in [-0.25, -0.2) is 4.98 Å². The van der Waals surface area contributed by atoms with Crippen LogP contribution in [0.4, 0.5) is 0 Å². The average Bonchev–Trinajstić information content (AvgIpc) is 2.80. The van der Waals surface area contributed by atoms with Crippen molar-refractivity contribution in [3.05, 3.63) is 47.0 Å². The van der Waals surface area contributed by atoms with Crippen molar-refractivity contribution < 1.29 is 4.74 Å². The molecule has 2 rings (SSSR count). The van der Waals surface area contributed by atoms with E-state index in [2.05, 4.69) is 16.5 Å². The molecule has 0 aliphatic rings. The molecule has 0 atom stereocenters. The van der Waals surface area contributed by atoms with Crippen LogP contribution in [0.1, 0.15) is 25.2 Å². The van der Waals surface area contributed by atoms with Gasteiger partial charge >= 0.3 is 0 Å². The normalized spacial score (nSPS) is 10.6. The minimum Gasteiger partial charge on any atom is -0.492 e. The molecule has 1 aromatic carbocycles. The van der Waals surface area contributed by atoms with Crippen LogP contribution in [-0.2, 0) is 13.0 Å². The average molecular weight is 265 g/mol. The van der Waals surface area contributed by atoms with Crippen molar-refractivity contribution in [2.75, 3.05) is 6.61 Å².